The first-order valence-corrected chi connectivity index (χ1v) is 8.94. The standard InChI is InChI=1S/C18H20FNO3S/c1-22-15-6-3-7-16(10-15)23-17(21)9-14-11-24-18(20-14)12-4-2-5-13(19)8-12/h2,4-5,8,11,15-16H,3,6-7,9-10H2,1H3/t15-,16+/m1/s1. The van der Waals surface area contributed by atoms with Crippen molar-refractivity contribution in [2.75, 3.05) is 7.11 Å². The molecule has 2 atom stereocenters. The average molecular weight is 349 g/mol. The number of rotatable bonds is 5. The van der Waals surface area contributed by atoms with Crippen molar-refractivity contribution in [3.05, 3.63) is 41.2 Å². The Labute approximate surface area is 144 Å². The first-order chi connectivity index (χ1) is 11.6. The smallest absolute Gasteiger partial charge is 0.312 e. The third-order valence-corrected chi connectivity index (χ3v) is 5.10. The van der Waals surface area contributed by atoms with E-state index in [4.69, 9.17) is 9.47 Å². The summed E-state index contributed by atoms with van der Waals surface area (Å²) in [7, 11) is 1.69. The van der Waals surface area contributed by atoms with E-state index in [-0.39, 0.29) is 30.4 Å². The Bertz CT molecular complexity index is 703. The monoisotopic (exact) mass is 349 g/mol. The lowest BCUT2D eigenvalue weighted by Crippen LogP contribution is -2.29. The lowest BCUT2D eigenvalue weighted by molar-refractivity contribution is -0.151. The molecule has 1 aromatic carbocycles. The zero-order valence-corrected chi connectivity index (χ0v) is 14.4. The number of aromatic nitrogens is 1. The second-order valence-corrected chi connectivity index (χ2v) is 6.83. The van der Waals surface area contributed by atoms with E-state index in [1.807, 2.05) is 5.38 Å². The molecule has 1 fully saturated rings. The fourth-order valence-corrected chi connectivity index (χ4v) is 3.76. The van der Waals surface area contributed by atoms with Gasteiger partial charge in [0.05, 0.1) is 18.2 Å². The van der Waals surface area contributed by atoms with E-state index in [0.717, 1.165) is 31.2 Å². The highest BCUT2D eigenvalue weighted by molar-refractivity contribution is 7.13. The molecule has 0 bridgehead atoms. The topological polar surface area (TPSA) is 48.4 Å². The number of thiazole rings is 1. The second-order valence-electron chi connectivity index (χ2n) is 5.97. The Hall–Kier alpha value is -1.79. The molecule has 0 saturated heterocycles. The summed E-state index contributed by atoms with van der Waals surface area (Å²) in [4.78, 5) is 16.5. The Kier molecular flexibility index (Phi) is 5.58. The van der Waals surface area contributed by atoms with Crippen LogP contribution in [0.25, 0.3) is 10.6 Å². The maximum atomic E-state index is 13.3. The lowest BCUT2D eigenvalue weighted by Gasteiger charge is -2.27. The molecule has 1 saturated carbocycles. The van der Waals surface area contributed by atoms with Crippen molar-refractivity contribution in [2.24, 2.45) is 0 Å². The van der Waals surface area contributed by atoms with Crippen LogP contribution in [0.5, 0.6) is 0 Å². The number of esters is 1. The van der Waals surface area contributed by atoms with Gasteiger partial charge in [-0.3, -0.25) is 4.79 Å². The minimum atomic E-state index is -0.298. The lowest BCUT2D eigenvalue weighted by atomic mass is 9.95. The zero-order valence-electron chi connectivity index (χ0n) is 13.5. The number of hydrogen-bond donors (Lipinski definition) is 0. The van der Waals surface area contributed by atoms with Gasteiger partial charge >= 0.3 is 5.97 Å². The molecule has 4 nitrogen and oxygen atoms in total. The molecular weight excluding hydrogens is 329 g/mol. The fraction of sp³-hybridized carbons (Fsp3) is 0.444. The summed E-state index contributed by atoms with van der Waals surface area (Å²) >= 11 is 1.40. The van der Waals surface area contributed by atoms with Crippen LogP contribution in [0.3, 0.4) is 0 Å². The minimum absolute atomic E-state index is 0.0717. The molecular formula is C18H20FNO3S. The van der Waals surface area contributed by atoms with Gasteiger partial charge in [0.25, 0.3) is 0 Å². The summed E-state index contributed by atoms with van der Waals surface area (Å²) < 4.78 is 24.2. The Morgan fingerprint density at radius 2 is 2.21 bits per heavy atom. The quantitative estimate of drug-likeness (QED) is 0.766. The van der Waals surface area contributed by atoms with Crippen LogP contribution in [0.4, 0.5) is 4.39 Å². The van der Waals surface area contributed by atoms with Crippen LogP contribution < -0.4 is 0 Å². The Morgan fingerprint density at radius 3 is 3.00 bits per heavy atom. The van der Waals surface area contributed by atoms with Gasteiger partial charge < -0.3 is 9.47 Å². The Balaban J connectivity index is 1.57. The molecule has 3 rings (SSSR count). The summed E-state index contributed by atoms with van der Waals surface area (Å²) in [6, 6.07) is 6.28. The first-order valence-electron chi connectivity index (χ1n) is 8.06. The van der Waals surface area contributed by atoms with Crippen molar-refractivity contribution in [1.82, 2.24) is 4.98 Å². The van der Waals surface area contributed by atoms with Crippen molar-refractivity contribution >= 4 is 17.3 Å². The molecule has 0 amide bonds. The van der Waals surface area contributed by atoms with E-state index in [1.165, 1.54) is 23.5 Å². The maximum absolute atomic E-state index is 13.3. The van der Waals surface area contributed by atoms with Crippen LogP contribution in [0.15, 0.2) is 29.6 Å². The average Bonchev–Trinajstić information content (AvgIpc) is 3.03. The van der Waals surface area contributed by atoms with E-state index in [1.54, 1.807) is 19.2 Å². The van der Waals surface area contributed by atoms with E-state index >= 15 is 0 Å². The second kappa shape index (κ2) is 7.85. The minimum Gasteiger partial charge on any atom is -0.462 e. The van der Waals surface area contributed by atoms with E-state index < -0.39 is 0 Å². The largest absolute Gasteiger partial charge is 0.462 e. The number of carbonyl (C=O) groups is 1. The van der Waals surface area contributed by atoms with E-state index in [2.05, 4.69) is 4.98 Å². The third kappa shape index (κ3) is 4.39. The van der Waals surface area contributed by atoms with E-state index in [9.17, 15) is 9.18 Å². The van der Waals surface area contributed by atoms with Gasteiger partial charge in [0, 0.05) is 24.5 Å². The highest BCUT2D eigenvalue weighted by Crippen LogP contribution is 2.26. The zero-order chi connectivity index (χ0) is 16.9. The predicted octanol–water partition coefficient (Wildman–Crippen LogP) is 3.99. The SMILES string of the molecule is CO[C@@H]1CCC[C@H](OC(=O)Cc2csc(-c3cccc(F)c3)n2)C1. The van der Waals surface area contributed by atoms with Gasteiger partial charge in [-0.25, -0.2) is 9.37 Å². The molecule has 24 heavy (non-hydrogen) atoms. The van der Waals surface area contributed by atoms with Crippen LogP contribution in [-0.2, 0) is 20.7 Å². The number of nitrogens with zero attached hydrogens (tertiary/aromatic N) is 1. The molecule has 0 N–H and O–H groups in total. The maximum Gasteiger partial charge on any atom is 0.312 e. The highest BCUT2D eigenvalue weighted by Gasteiger charge is 2.25. The number of benzene rings is 1. The van der Waals surface area contributed by atoms with Crippen LogP contribution in [-0.4, -0.2) is 30.3 Å². The summed E-state index contributed by atoms with van der Waals surface area (Å²) in [6.45, 7) is 0. The number of methoxy groups -OCH3 is 1. The van der Waals surface area contributed by atoms with Gasteiger partial charge in [-0.2, -0.15) is 0 Å². The number of ether oxygens (including phenoxy) is 2. The van der Waals surface area contributed by atoms with Crippen LogP contribution in [0, 0.1) is 5.82 Å². The summed E-state index contributed by atoms with van der Waals surface area (Å²) in [5.74, 6) is -0.568. The van der Waals surface area contributed by atoms with E-state index in [0.29, 0.717) is 10.7 Å². The van der Waals surface area contributed by atoms with Crippen molar-refractivity contribution in [2.45, 2.75) is 44.3 Å². The number of hydrogen-bond acceptors (Lipinski definition) is 5. The molecule has 6 heteroatoms. The molecule has 0 radical (unpaired) electrons. The van der Waals surface area contributed by atoms with Crippen LogP contribution >= 0.6 is 11.3 Å². The van der Waals surface area contributed by atoms with Gasteiger partial charge in [-0.05, 0) is 31.4 Å². The van der Waals surface area contributed by atoms with Crippen molar-refractivity contribution in [1.29, 1.82) is 0 Å². The molecule has 1 heterocycles. The molecule has 1 aliphatic carbocycles. The molecule has 1 aromatic heterocycles. The fourth-order valence-electron chi connectivity index (χ4n) is 2.94. The first kappa shape index (κ1) is 17.0. The summed E-state index contributed by atoms with van der Waals surface area (Å²) in [5, 5.41) is 2.52. The van der Waals surface area contributed by atoms with Crippen LogP contribution in [0.1, 0.15) is 31.4 Å². The van der Waals surface area contributed by atoms with Crippen molar-refractivity contribution in [3.8, 4) is 10.6 Å². The summed E-state index contributed by atoms with van der Waals surface area (Å²) in [5.41, 5.74) is 1.37. The van der Waals surface area contributed by atoms with Crippen LogP contribution in [0.2, 0.25) is 0 Å². The normalized spacial score (nSPS) is 20.8. The van der Waals surface area contributed by atoms with Gasteiger partial charge in [-0.1, -0.05) is 12.1 Å². The molecule has 2 aromatic rings. The van der Waals surface area contributed by atoms with Gasteiger partial charge in [-0.15, -0.1) is 11.3 Å². The number of halogens is 1. The predicted molar refractivity (Wildman–Crippen MR) is 90.4 cm³/mol. The Morgan fingerprint density at radius 1 is 1.38 bits per heavy atom. The summed E-state index contributed by atoms with van der Waals surface area (Å²) in [6.07, 6.45) is 3.92. The highest BCUT2D eigenvalue weighted by atomic mass is 32.1. The van der Waals surface area contributed by atoms with Crippen molar-refractivity contribution in [3.63, 3.8) is 0 Å². The van der Waals surface area contributed by atoms with Gasteiger partial charge in [0.15, 0.2) is 0 Å². The molecule has 128 valence electrons. The molecule has 0 aliphatic heterocycles. The van der Waals surface area contributed by atoms with Crippen molar-refractivity contribution < 1.29 is 18.7 Å². The number of carbonyl (C=O) groups excluding carboxylic acids is 1. The molecule has 1 aliphatic rings. The molecule has 0 spiro atoms. The molecule has 0 unspecified atom stereocenters. The van der Waals surface area contributed by atoms with Gasteiger partial charge in [0.2, 0.25) is 0 Å². The van der Waals surface area contributed by atoms with Gasteiger partial charge in [0.1, 0.15) is 16.9 Å². The third-order valence-electron chi connectivity index (χ3n) is 4.16.